The Morgan fingerprint density at radius 1 is 1.50 bits per heavy atom. The summed E-state index contributed by atoms with van der Waals surface area (Å²) in [4.78, 5) is 10.4. The predicted molar refractivity (Wildman–Crippen MR) is 47.7 cm³/mol. The van der Waals surface area contributed by atoms with Gasteiger partial charge < -0.3 is 0 Å². The molecule has 0 amide bonds. The standard InChI is InChI=1S/C8H11ClN2O/c1-8(2,3)7-6(9)5(4-12)10-11-7/h4H,1-3H3,(H,10,11). The maximum Gasteiger partial charge on any atom is 0.171 e. The highest BCUT2D eigenvalue weighted by molar-refractivity contribution is 6.33. The van der Waals surface area contributed by atoms with Crippen LogP contribution in [-0.4, -0.2) is 16.5 Å². The van der Waals surface area contributed by atoms with E-state index in [4.69, 9.17) is 11.6 Å². The number of aldehydes is 1. The molecule has 0 saturated heterocycles. The summed E-state index contributed by atoms with van der Waals surface area (Å²) in [6, 6.07) is 0. The Kier molecular flexibility index (Phi) is 2.24. The number of hydrogen-bond acceptors (Lipinski definition) is 2. The van der Waals surface area contributed by atoms with Gasteiger partial charge in [-0.1, -0.05) is 32.4 Å². The number of carbonyl (C=O) groups is 1. The average Bonchev–Trinajstić information content (AvgIpc) is 2.29. The molecule has 1 N–H and O–H groups in total. The van der Waals surface area contributed by atoms with Crippen LogP contribution in [0.1, 0.15) is 37.0 Å². The van der Waals surface area contributed by atoms with Crippen molar-refractivity contribution < 1.29 is 4.79 Å². The molecule has 0 fully saturated rings. The van der Waals surface area contributed by atoms with Crippen molar-refractivity contribution in [2.45, 2.75) is 26.2 Å². The van der Waals surface area contributed by atoms with Crippen molar-refractivity contribution in [1.29, 1.82) is 0 Å². The van der Waals surface area contributed by atoms with Gasteiger partial charge in [0.1, 0.15) is 5.69 Å². The SMILES string of the molecule is CC(C)(C)c1[nH]nc(C=O)c1Cl. The third-order valence-electron chi connectivity index (χ3n) is 1.59. The third kappa shape index (κ3) is 1.50. The monoisotopic (exact) mass is 186 g/mol. The molecule has 0 radical (unpaired) electrons. The highest BCUT2D eigenvalue weighted by atomic mass is 35.5. The van der Waals surface area contributed by atoms with E-state index in [1.54, 1.807) is 0 Å². The van der Waals surface area contributed by atoms with Crippen LogP contribution in [0.2, 0.25) is 5.02 Å². The quantitative estimate of drug-likeness (QED) is 0.684. The molecule has 0 bridgehead atoms. The van der Waals surface area contributed by atoms with Crippen LogP contribution < -0.4 is 0 Å². The first kappa shape index (κ1) is 9.26. The molecular weight excluding hydrogens is 176 g/mol. The number of halogens is 1. The maximum absolute atomic E-state index is 10.4. The Morgan fingerprint density at radius 2 is 2.08 bits per heavy atom. The Hall–Kier alpha value is -0.830. The molecule has 0 aliphatic heterocycles. The minimum atomic E-state index is -0.106. The van der Waals surface area contributed by atoms with Crippen molar-refractivity contribution in [3.05, 3.63) is 16.4 Å². The normalized spacial score (nSPS) is 11.7. The highest BCUT2D eigenvalue weighted by Crippen LogP contribution is 2.28. The number of hydrogen-bond donors (Lipinski definition) is 1. The number of H-pyrrole nitrogens is 1. The van der Waals surface area contributed by atoms with Crippen molar-refractivity contribution in [3.8, 4) is 0 Å². The third-order valence-corrected chi connectivity index (χ3v) is 1.98. The minimum absolute atomic E-state index is 0.106. The van der Waals surface area contributed by atoms with E-state index in [9.17, 15) is 4.79 Å². The van der Waals surface area contributed by atoms with Gasteiger partial charge in [0.2, 0.25) is 0 Å². The van der Waals surface area contributed by atoms with Crippen molar-refractivity contribution in [1.82, 2.24) is 10.2 Å². The van der Waals surface area contributed by atoms with Crippen LogP contribution in [0.25, 0.3) is 0 Å². The summed E-state index contributed by atoms with van der Waals surface area (Å²) in [6.07, 6.45) is 0.647. The molecule has 12 heavy (non-hydrogen) atoms. The fourth-order valence-electron chi connectivity index (χ4n) is 0.917. The highest BCUT2D eigenvalue weighted by Gasteiger charge is 2.21. The zero-order valence-electron chi connectivity index (χ0n) is 7.31. The molecule has 1 heterocycles. The van der Waals surface area contributed by atoms with Gasteiger partial charge in [-0.3, -0.25) is 9.89 Å². The van der Waals surface area contributed by atoms with Crippen LogP contribution in [0.15, 0.2) is 0 Å². The zero-order valence-corrected chi connectivity index (χ0v) is 8.07. The molecule has 1 aromatic rings. The summed E-state index contributed by atoms with van der Waals surface area (Å²) in [6.45, 7) is 6.00. The van der Waals surface area contributed by atoms with Crippen LogP contribution in [0.3, 0.4) is 0 Å². The molecule has 0 aliphatic rings. The molecule has 66 valence electrons. The molecule has 0 aromatic carbocycles. The number of carbonyl (C=O) groups excluding carboxylic acids is 1. The van der Waals surface area contributed by atoms with Crippen LogP contribution >= 0.6 is 11.6 Å². The molecular formula is C8H11ClN2O. The van der Waals surface area contributed by atoms with Crippen LogP contribution in [0.5, 0.6) is 0 Å². The Labute approximate surface area is 76.1 Å². The van der Waals surface area contributed by atoms with E-state index in [-0.39, 0.29) is 11.1 Å². The zero-order chi connectivity index (χ0) is 9.35. The van der Waals surface area contributed by atoms with E-state index in [0.717, 1.165) is 5.69 Å². The van der Waals surface area contributed by atoms with Gasteiger partial charge in [0.15, 0.2) is 6.29 Å². The number of rotatable bonds is 1. The molecule has 0 spiro atoms. The summed E-state index contributed by atoms with van der Waals surface area (Å²) in [7, 11) is 0. The van der Waals surface area contributed by atoms with Gasteiger partial charge in [-0.05, 0) is 0 Å². The summed E-state index contributed by atoms with van der Waals surface area (Å²) in [5, 5.41) is 6.96. The second kappa shape index (κ2) is 2.90. The van der Waals surface area contributed by atoms with E-state index in [1.165, 1.54) is 0 Å². The van der Waals surface area contributed by atoms with Gasteiger partial charge in [-0.15, -0.1) is 0 Å². The summed E-state index contributed by atoms with van der Waals surface area (Å²) in [5.74, 6) is 0. The number of nitrogens with one attached hydrogen (secondary N) is 1. The summed E-state index contributed by atoms with van der Waals surface area (Å²) in [5.41, 5.74) is 0.971. The number of nitrogens with zero attached hydrogens (tertiary/aromatic N) is 1. The largest absolute Gasteiger partial charge is 0.296 e. The van der Waals surface area contributed by atoms with E-state index < -0.39 is 0 Å². The van der Waals surface area contributed by atoms with Gasteiger partial charge in [0, 0.05) is 5.41 Å². The Morgan fingerprint density at radius 3 is 2.33 bits per heavy atom. The van der Waals surface area contributed by atoms with Crippen LogP contribution in [0.4, 0.5) is 0 Å². The average molecular weight is 187 g/mol. The lowest BCUT2D eigenvalue weighted by Gasteiger charge is -2.15. The van der Waals surface area contributed by atoms with E-state index in [1.807, 2.05) is 20.8 Å². The fourth-order valence-corrected chi connectivity index (χ4v) is 1.33. The van der Waals surface area contributed by atoms with Crippen molar-refractivity contribution >= 4 is 17.9 Å². The molecule has 3 nitrogen and oxygen atoms in total. The lowest BCUT2D eigenvalue weighted by atomic mass is 9.92. The van der Waals surface area contributed by atoms with Crippen molar-refractivity contribution in [2.75, 3.05) is 0 Å². The van der Waals surface area contributed by atoms with Crippen LogP contribution in [-0.2, 0) is 5.41 Å². The smallest absolute Gasteiger partial charge is 0.171 e. The van der Waals surface area contributed by atoms with Crippen molar-refractivity contribution in [2.24, 2.45) is 0 Å². The molecule has 1 aromatic heterocycles. The second-order valence-electron chi connectivity index (χ2n) is 3.67. The Balaban J connectivity index is 3.19. The van der Waals surface area contributed by atoms with E-state index in [0.29, 0.717) is 11.3 Å². The van der Waals surface area contributed by atoms with Crippen molar-refractivity contribution in [3.63, 3.8) is 0 Å². The molecule has 4 heteroatoms. The number of aromatic nitrogens is 2. The second-order valence-corrected chi connectivity index (χ2v) is 4.04. The first-order valence-electron chi connectivity index (χ1n) is 3.66. The van der Waals surface area contributed by atoms with Gasteiger partial charge in [-0.2, -0.15) is 5.10 Å². The molecule has 0 atom stereocenters. The first-order chi connectivity index (χ1) is 5.46. The summed E-state index contributed by atoms with van der Waals surface area (Å²) < 4.78 is 0. The van der Waals surface area contributed by atoms with Gasteiger partial charge >= 0.3 is 0 Å². The van der Waals surface area contributed by atoms with Gasteiger partial charge in [0.05, 0.1) is 10.7 Å². The molecule has 0 unspecified atom stereocenters. The molecule has 0 saturated carbocycles. The van der Waals surface area contributed by atoms with E-state index in [2.05, 4.69) is 10.2 Å². The maximum atomic E-state index is 10.4. The molecule has 1 rings (SSSR count). The van der Waals surface area contributed by atoms with Crippen LogP contribution in [0, 0.1) is 0 Å². The first-order valence-corrected chi connectivity index (χ1v) is 4.04. The van der Waals surface area contributed by atoms with E-state index >= 15 is 0 Å². The lowest BCUT2D eigenvalue weighted by molar-refractivity contribution is 0.111. The predicted octanol–water partition coefficient (Wildman–Crippen LogP) is 2.17. The van der Waals surface area contributed by atoms with Gasteiger partial charge in [0.25, 0.3) is 0 Å². The topological polar surface area (TPSA) is 45.8 Å². The lowest BCUT2D eigenvalue weighted by Crippen LogP contribution is -2.12. The number of aromatic amines is 1. The minimum Gasteiger partial charge on any atom is -0.296 e. The summed E-state index contributed by atoms with van der Waals surface area (Å²) >= 11 is 5.88. The Bertz CT molecular complexity index is 298. The van der Waals surface area contributed by atoms with Gasteiger partial charge in [-0.25, -0.2) is 0 Å². The fraction of sp³-hybridized carbons (Fsp3) is 0.500. The molecule has 0 aliphatic carbocycles.